The summed E-state index contributed by atoms with van der Waals surface area (Å²) in [6.07, 6.45) is 9.62. The third-order valence-corrected chi connectivity index (χ3v) is 4.00. The number of unbranched alkanes of at least 4 members (excludes halogenated alkanes) is 2. The Hall–Kier alpha value is -0.0400. The zero-order valence-corrected chi connectivity index (χ0v) is 13.0. The monoisotopic (exact) mass is 241 g/mol. The number of hydrogen-bond acceptors (Lipinski definition) is 1. The maximum absolute atomic E-state index is 2.51. The highest BCUT2D eigenvalue weighted by Gasteiger charge is 2.07. The molecule has 0 aromatic rings. The first kappa shape index (κ1) is 17.0. The quantitative estimate of drug-likeness (QED) is 0.462. The first-order valence-corrected chi connectivity index (χ1v) is 7.78. The molecule has 1 nitrogen and oxygen atoms in total. The second-order valence-corrected chi connectivity index (χ2v) is 5.99. The standard InChI is InChI=1S/C16H35N/c1-6-8-9-13-17(5)14-12-16(4)11-10-15(3)7-2/h15-16H,6-14H2,1-5H3/t15-,16?/m0/s1. The van der Waals surface area contributed by atoms with Crippen LogP contribution < -0.4 is 0 Å². The van der Waals surface area contributed by atoms with Gasteiger partial charge in [0, 0.05) is 0 Å². The molecule has 0 aliphatic rings. The molecule has 0 heterocycles. The number of hydrogen-bond donors (Lipinski definition) is 0. The van der Waals surface area contributed by atoms with Gasteiger partial charge in [0.05, 0.1) is 0 Å². The summed E-state index contributed by atoms with van der Waals surface area (Å²) in [6, 6.07) is 0. The van der Waals surface area contributed by atoms with E-state index < -0.39 is 0 Å². The van der Waals surface area contributed by atoms with Crippen LogP contribution in [0.5, 0.6) is 0 Å². The molecule has 2 atom stereocenters. The molecule has 1 heteroatoms. The third kappa shape index (κ3) is 10.8. The maximum atomic E-state index is 2.51. The van der Waals surface area contributed by atoms with Crippen LogP contribution in [0.2, 0.25) is 0 Å². The summed E-state index contributed by atoms with van der Waals surface area (Å²) in [5.74, 6) is 1.82. The first-order valence-electron chi connectivity index (χ1n) is 7.78. The van der Waals surface area contributed by atoms with E-state index in [1.165, 1.54) is 58.0 Å². The summed E-state index contributed by atoms with van der Waals surface area (Å²) >= 11 is 0. The normalized spacial score (nSPS) is 15.2. The lowest BCUT2D eigenvalue weighted by atomic mass is 9.94. The van der Waals surface area contributed by atoms with Gasteiger partial charge in [0.1, 0.15) is 0 Å². The lowest BCUT2D eigenvalue weighted by molar-refractivity contribution is 0.288. The van der Waals surface area contributed by atoms with Crippen molar-refractivity contribution < 1.29 is 0 Å². The van der Waals surface area contributed by atoms with Crippen molar-refractivity contribution in [2.24, 2.45) is 11.8 Å². The highest BCUT2D eigenvalue weighted by Crippen LogP contribution is 2.17. The molecule has 0 saturated carbocycles. The molecule has 104 valence electrons. The summed E-state index contributed by atoms with van der Waals surface area (Å²) in [7, 11) is 2.27. The number of rotatable bonds is 11. The lowest BCUT2D eigenvalue weighted by Gasteiger charge is -2.20. The Labute approximate surface area is 110 Å². The van der Waals surface area contributed by atoms with E-state index in [9.17, 15) is 0 Å². The van der Waals surface area contributed by atoms with Gasteiger partial charge in [-0.15, -0.1) is 0 Å². The minimum atomic E-state index is 0.901. The van der Waals surface area contributed by atoms with Crippen LogP contribution in [0.1, 0.15) is 72.6 Å². The van der Waals surface area contributed by atoms with Crippen LogP contribution in [0.25, 0.3) is 0 Å². The topological polar surface area (TPSA) is 3.24 Å². The van der Waals surface area contributed by atoms with Crippen molar-refractivity contribution in [2.45, 2.75) is 72.6 Å². The summed E-state index contributed by atoms with van der Waals surface area (Å²) in [6.45, 7) is 11.9. The number of nitrogens with zero attached hydrogens (tertiary/aromatic N) is 1. The highest BCUT2D eigenvalue weighted by molar-refractivity contribution is 4.60. The van der Waals surface area contributed by atoms with Gasteiger partial charge in [-0.05, 0) is 44.8 Å². The zero-order valence-electron chi connectivity index (χ0n) is 13.0. The minimum Gasteiger partial charge on any atom is -0.306 e. The molecule has 0 aliphatic carbocycles. The van der Waals surface area contributed by atoms with E-state index in [4.69, 9.17) is 0 Å². The van der Waals surface area contributed by atoms with E-state index in [1.807, 2.05) is 0 Å². The lowest BCUT2D eigenvalue weighted by Crippen LogP contribution is -2.22. The van der Waals surface area contributed by atoms with Crippen LogP contribution in [0.3, 0.4) is 0 Å². The molecular weight excluding hydrogens is 206 g/mol. The zero-order chi connectivity index (χ0) is 13.1. The van der Waals surface area contributed by atoms with Crippen LogP contribution in [-0.4, -0.2) is 25.0 Å². The van der Waals surface area contributed by atoms with E-state index in [0.717, 1.165) is 11.8 Å². The Morgan fingerprint density at radius 1 is 0.824 bits per heavy atom. The highest BCUT2D eigenvalue weighted by atomic mass is 15.1. The second kappa shape index (κ2) is 11.1. The fourth-order valence-electron chi connectivity index (χ4n) is 2.10. The predicted molar refractivity (Wildman–Crippen MR) is 79.5 cm³/mol. The minimum absolute atomic E-state index is 0.901. The van der Waals surface area contributed by atoms with Crippen LogP contribution in [-0.2, 0) is 0 Å². The molecule has 0 aliphatic heterocycles. The molecule has 1 unspecified atom stereocenters. The molecule has 0 N–H and O–H groups in total. The van der Waals surface area contributed by atoms with Gasteiger partial charge < -0.3 is 4.90 Å². The van der Waals surface area contributed by atoms with E-state index in [0.29, 0.717) is 0 Å². The van der Waals surface area contributed by atoms with Gasteiger partial charge in [0.25, 0.3) is 0 Å². The van der Waals surface area contributed by atoms with Gasteiger partial charge in [-0.1, -0.05) is 59.8 Å². The van der Waals surface area contributed by atoms with Crippen molar-refractivity contribution in [1.29, 1.82) is 0 Å². The summed E-state index contributed by atoms with van der Waals surface area (Å²) in [5.41, 5.74) is 0. The molecule has 17 heavy (non-hydrogen) atoms. The van der Waals surface area contributed by atoms with Gasteiger partial charge >= 0.3 is 0 Å². The fraction of sp³-hybridized carbons (Fsp3) is 1.00. The maximum Gasteiger partial charge on any atom is -0.00192 e. The fourth-order valence-corrected chi connectivity index (χ4v) is 2.10. The molecule has 0 bridgehead atoms. The van der Waals surface area contributed by atoms with E-state index >= 15 is 0 Å². The first-order chi connectivity index (χ1) is 8.10. The molecule has 0 aromatic carbocycles. The molecule has 0 saturated heterocycles. The summed E-state index contributed by atoms with van der Waals surface area (Å²) < 4.78 is 0. The van der Waals surface area contributed by atoms with Crippen molar-refractivity contribution in [1.82, 2.24) is 4.90 Å². The van der Waals surface area contributed by atoms with Crippen molar-refractivity contribution in [3.8, 4) is 0 Å². The van der Waals surface area contributed by atoms with Crippen molar-refractivity contribution in [3.05, 3.63) is 0 Å². The molecule has 0 radical (unpaired) electrons. The predicted octanol–water partition coefficient (Wildman–Crippen LogP) is 4.96. The van der Waals surface area contributed by atoms with E-state index in [-0.39, 0.29) is 0 Å². The molecule has 0 spiro atoms. The van der Waals surface area contributed by atoms with Gasteiger partial charge in [-0.25, -0.2) is 0 Å². The van der Waals surface area contributed by atoms with Crippen LogP contribution in [0.4, 0.5) is 0 Å². The average molecular weight is 241 g/mol. The Balaban J connectivity index is 3.44. The van der Waals surface area contributed by atoms with Crippen molar-refractivity contribution >= 4 is 0 Å². The molecule has 0 rings (SSSR count). The van der Waals surface area contributed by atoms with Crippen molar-refractivity contribution in [3.63, 3.8) is 0 Å². The van der Waals surface area contributed by atoms with Crippen LogP contribution >= 0.6 is 0 Å². The molecule has 0 amide bonds. The van der Waals surface area contributed by atoms with Gasteiger partial charge in [0.2, 0.25) is 0 Å². The second-order valence-electron chi connectivity index (χ2n) is 5.99. The van der Waals surface area contributed by atoms with Crippen LogP contribution in [0.15, 0.2) is 0 Å². The van der Waals surface area contributed by atoms with Crippen molar-refractivity contribution in [2.75, 3.05) is 20.1 Å². The SMILES string of the molecule is CCCCCN(C)CCC(C)CC[C@@H](C)CC. The Kier molecular flexibility index (Phi) is 11.0. The van der Waals surface area contributed by atoms with Gasteiger partial charge in [0.15, 0.2) is 0 Å². The average Bonchev–Trinajstić information content (AvgIpc) is 2.33. The largest absolute Gasteiger partial charge is 0.306 e. The summed E-state index contributed by atoms with van der Waals surface area (Å²) in [5, 5.41) is 0. The Bertz CT molecular complexity index is 156. The Morgan fingerprint density at radius 3 is 2.06 bits per heavy atom. The third-order valence-electron chi connectivity index (χ3n) is 4.00. The van der Waals surface area contributed by atoms with E-state index in [1.54, 1.807) is 0 Å². The van der Waals surface area contributed by atoms with E-state index in [2.05, 4.69) is 39.6 Å². The van der Waals surface area contributed by atoms with Gasteiger partial charge in [-0.3, -0.25) is 0 Å². The molecule has 0 aromatic heterocycles. The Morgan fingerprint density at radius 2 is 1.47 bits per heavy atom. The van der Waals surface area contributed by atoms with Crippen LogP contribution in [0, 0.1) is 11.8 Å². The summed E-state index contributed by atoms with van der Waals surface area (Å²) in [4.78, 5) is 2.51. The smallest absolute Gasteiger partial charge is 0.00192 e. The molecule has 0 fully saturated rings. The molecular formula is C16H35N. The van der Waals surface area contributed by atoms with Gasteiger partial charge in [-0.2, -0.15) is 0 Å².